The molecule has 3 rings (SSSR count). The monoisotopic (exact) mass is 692 g/mol. The molecule has 0 saturated heterocycles. The smallest absolute Gasteiger partial charge is 0.270 e. The van der Waals surface area contributed by atoms with Crippen LogP contribution in [0.25, 0.3) is 0 Å². The Hall–Kier alpha value is -1.87. The van der Waals surface area contributed by atoms with E-state index < -0.39 is 88.4 Å². The molecule has 0 unspecified atom stereocenters. The summed E-state index contributed by atoms with van der Waals surface area (Å²) < 4.78 is 180. The summed E-state index contributed by atoms with van der Waals surface area (Å²) in [6.45, 7) is 0. The zero-order valence-corrected chi connectivity index (χ0v) is 19.9. The maximum Gasteiger partial charge on any atom is 0.270 e. The van der Waals surface area contributed by atoms with Crippen molar-refractivity contribution >= 4 is 24.4 Å². The van der Waals surface area contributed by atoms with Gasteiger partial charge in [0.15, 0.2) is 35.0 Å². The second-order valence-corrected chi connectivity index (χ2v) is 5.08. The Balaban J connectivity index is -0.000000436. The molecule has 36 heavy (non-hydrogen) atoms. The van der Waals surface area contributed by atoms with Crippen LogP contribution in [0.1, 0.15) is 0 Å². The predicted octanol–water partition coefficient (Wildman–Crippen LogP) is 2.50. The Kier molecular flexibility index (Phi) is 17.3. The molecule has 18 heteroatoms. The SMILES string of the molecule is F[C]1C(F)=C=C(F)C(F)=C1F.F[C]1C(F)=C=C(F)C(F)=C1F.F[C]1C(F)=C=C(F)C(F)=C1F.[Cl-].[Cl-].[Sb]. The fourth-order valence-corrected chi connectivity index (χ4v) is 1.49. The molecule has 0 atom stereocenters. The van der Waals surface area contributed by atoms with Crippen molar-refractivity contribution < 1.29 is 90.7 Å². The van der Waals surface area contributed by atoms with Gasteiger partial charge in [-0.2, -0.15) is 39.5 Å². The Morgan fingerprint density at radius 2 is 0.444 bits per heavy atom. The molecule has 0 N–H and O–H groups in total. The summed E-state index contributed by atoms with van der Waals surface area (Å²) >= 11 is 0. The van der Waals surface area contributed by atoms with E-state index in [1.165, 1.54) is 0 Å². The minimum Gasteiger partial charge on any atom is -1.00 e. The molecular weight excluding hydrogens is 694 g/mol. The van der Waals surface area contributed by atoms with Crippen LogP contribution in [-0.2, 0) is 0 Å². The molecule has 0 nitrogen and oxygen atoms in total. The van der Waals surface area contributed by atoms with Gasteiger partial charge in [-0.3, -0.25) is 0 Å². The molecule has 6 radical (unpaired) electrons. The molecular formula is C18Cl2F15Sb-2. The molecule has 0 aliphatic heterocycles. The van der Waals surface area contributed by atoms with E-state index >= 15 is 0 Å². The average molecular weight is 694 g/mol. The van der Waals surface area contributed by atoms with Crippen molar-refractivity contribution in [1.82, 2.24) is 0 Å². The van der Waals surface area contributed by atoms with E-state index in [4.69, 9.17) is 0 Å². The van der Waals surface area contributed by atoms with E-state index in [9.17, 15) is 65.9 Å². The molecule has 0 aromatic carbocycles. The molecule has 0 aromatic rings. The summed E-state index contributed by atoms with van der Waals surface area (Å²) in [5, 5.41) is 0. The van der Waals surface area contributed by atoms with Gasteiger partial charge >= 0.3 is 0 Å². The topological polar surface area (TPSA) is 0 Å². The normalized spacial score (nSPS) is 18.4. The van der Waals surface area contributed by atoms with Crippen molar-refractivity contribution in [3.63, 3.8) is 0 Å². The number of hydrogen-bond donors (Lipinski definition) is 0. The standard InChI is InChI=1S/3C6F5.2ClH.Sb/c3*7-2-1-3(8)5(10)6(11)4(2)9;;;/h;;;2*1H;/p-2. The Morgan fingerprint density at radius 3 is 0.611 bits per heavy atom. The molecule has 0 saturated carbocycles. The van der Waals surface area contributed by atoms with Gasteiger partial charge < -0.3 is 24.8 Å². The van der Waals surface area contributed by atoms with Crippen LogP contribution >= 0.6 is 0 Å². The van der Waals surface area contributed by atoms with Crippen LogP contribution in [-0.4, -0.2) is 24.4 Å². The number of halogens is 17. The summed E-state index contributed by atoms with van der Waals surface area (Å²) in [4.78, 5) is 0. The van der Waals surface area contributed by atoms with Gasteiger partial charge in [0.2, 0.25) is 35.0 Å². The second kappa shape index (κ2) is 16.1. The quantitative estimate of drug-likeness (QED) is 0.208. The molecule has 0 spiro atoms. The molecule has 0 aromatic heterocycles. The fourth-order valence-electron chi connectivity index (χ4n) is 1.49. The Labute approximate surface area is 220 Å². The van der Waals surface area contributed by atoms with Crippen LogP contribution in [0, 0.1) is 18.5 Å². The van der Waals surface area contributed by atoms with Crippen LogP contribution in [0.2, 0.25) is 0 Å². The average Bonchev–Trinajstić information content (AvgIpc) is 2.77. The first-order valence-corrected chi connectivity index (χ1v) is 7.33. The van der Waals surface area contributed by atoms with Crippen molar-refractivity contribution in [2.45, 2.75) is 0 Å². The van der Waals surface area contributed by atoms with Crippen LogP contribution in [0.3, 0.4) is 0 Å². The number of rotatable bonds is 0. The predicted molar refractivity (Wildman–Crippen MR) is 84.8 cm³/mol. The van der Waals surface area contributed by atoms with Gasteiger partial charge in [0.05, 0.1) is 0 Å². The maximum absolute atomic E-state index is 12.0. The molecule has 3 aliphatic carbocycles. The van der Waals surface area contributed by atoms with E-state index in [0.29, 0.717) is 0 Å². The molecule has 3 aliphatic rings. The van der Waals surface area contributed by atoms with Crippen LogP contribution < -0.4 is 24.8 Å². The molecule has 198 valence electrons. The minimum atomic E-state index is -2.17. The van der Waals surface area contributed by atoms with Crippen LogP contribution in [0.15, 0.2) is 87.1 Å². The zero-order chi connectivity index (χ0) is 25.8. The van der Waals surface area contributed by atoms with Crippen molar-refractivity contribution in [1.29, 1.82) is 0 Å². The van der Waals surface area contributed by atoms with Crippen molar-refractivity contribution in [2.24, 2.45) is 0 Å². The zero-order valence-electron chi connectivity index (χ0n) is 15.9. The first kappa shape index (κ1) is 38.7. The molecule has 0 bridgehead atoms. The second-order valence-electron chi connectivity index (χ2n) is 5.08. The van der Waals surface area contributed by atoms with E-state index in [-0.39, 0.29) is 49.2 Å². The summed E-state index contributed by atoms with van der Waals surface area (Å²) in [5.74, 6) is -23.9. The van der Waals surface area contributed by atoms with Crippen molar-refractivity contribution in [3.05, 3.63) is 106 Å². The largest absolute Gasteiger partial charge is 1.00 e. The van der Waals surface area contributed by atoms with E-state index in [0.717, 1.165) is 17.2 Å². The molecule has 0 heterocycles. The van der Waals surface area contributed by atoms with Crippen molar-refractivity contribution in [3.8, 4) is 0 Å². The summed E-state index contributed by atoms with van der Waals surface area (Å²) in [5.41, 5.74) is 3.07. The van der Waals surface area contributed by atoms with Gasteiger partial charge in [0.25, 0.3) is 18.5 Å². The van der Waals surface area contributed by atoms with Crippen molar-refractivity contribution in [2.75, 3.05) is 0 Å². The summed E-state index contributed by atoms with van der Waals surface area (Å²) in [6, 6.07) is 0. The minimum absolute atomic E-state index is 0. The molecule has 0 amide bonds. The third-order valence-electron chi connectivity index (χ3n) is 2.97. The third-order valence-corrected chi connectivity index (χ3v) is 2.97. The number of hydrogen-bond acceptors (Lipinski definition) is 0. The maximum atomic E-state index is 12.0. The van der Waals surface area contributed by atoms with Gasteiger partial charge in [0, 0.05) is 24.4 Å². The summed E-state index contributed by atoms with van der Waals surface area (Å²) in [6.07, 6.45) is -6.20. The van der Waals surface area contributed by atoms with E-state index in [2.05, 4.69) is 0 Å². The fraction of sp³-hybridized carbons (Fsp3) is 0. The van der Waals surface area contributed by atoms with Crippen LogP contribution in [0.4, 0.5) is 65.9 Å². The Morgan fingerprint density at radius 1 is 0.278 bits per heavy atom. The molecule has 0 fully saturated rings. The summed E-state index contributed by atoms with van der Waals surface area (Å²) in [7, 11) is 0. The van der Waals surface area contributed by atoms with Crippen LogP contribution in [0.5, 0.6) is 0 Å². The third kappa shape index (κ3) is 9.21. The van der Waals surface area contributed by atoms with Gasteiger partial charge in [-0.25, -0.2) is 26.3 Å². The van der Waals surface area contributed by atoms with Gasteiger partial charge in [-0.05, 0) is 17.2 Å². The first-order valence-electron chi connectivity index (χ1n) is 7.33. The Bertz CT molecular complexity index is 1000. The van der Waals surface area contributed by atoms with Gasteiger partial charge in [-0.1, -0.05) is 0 Å². The first-order chi connectivity index (χ1) is 15.1. The number of allylic oxidation sites excluding steroid dienone is 9. The van der Waals surface area contributed by atoms with Gasteiger partial charge in [0.1, 0.15) is 0 Å². The van der Waals surface area contributed by atoms with Gasteiger partial charge in [-0.15, -0.1) is 0 Å². The van der Waals surface area contributed by atoms with E-state index in [1.807, 2.05) is 0 Å². The van der Waals surface area contributed by atoms with E-state index in [1.54, 1.807) is 0 Å².